The minimum absolute atomic E-state index is 0.603. The number of hydrogen-bond acceptors (Lipinski definition) is 0. The standard InChI is InChI=1S/C26H25.Zr/c1-2-26(13-6-14-26)18-19-15-22-9-5-10-24(25(22)16-19)23-12-11-20-7-3-4-8-21(20)17-23;/h3-5,7-12,15-17H,2,6,13-14,18H2,1H3;. The van der Waals surface area contributed by atoms with Crippen LogP contribution >= 0.6 is 0 Å². The summed E-state index contributed by atoms with van der Waals surface area (Å²) < 4.78 is 0.650. The van der Waals surface area contributed by atoms with Crippen molar-refractivity contribution in [3.8, 4) is 11.1 Å². The van der Waals surface area contributed by atoms with Gasteiger partial charge in [-0.3, -0.25) is 0 Å². The minimum atomic E-state index is 0.603. The molecule has 3 aromatic carbocycles. The molecule has 0 spiro atoms. The van der Waals surface area contributed by atoms with E-state index in [4.69, 9.17) is 0 Å². The molecule has 0 bridgehead atoms. The number of rotatable bonds is 4. The molecule has 0 aromatic heterocycles. The Balaban J connectivity index is 1.57. The van der Waals surface area contributed by atoms with Crippen molar-refractivity contribution in [3.05, 3.63) is 77.4 Å². The summed E-state index contributed by atoms with van der Waals surface area (Å²) >= 11 is 1.63. The average Bonchev–Trinajstić information content (AvgIpc) is 3.00. The van der Waals surface area contributed by atoms with Crippen molar-refractivity contribution in [2.75, 3.05) is 0 Å². The summed E-state index contributed by atoms with van der Waals surface area (Å²) in [5, 5.41) is 2.64. The molecule has 2 aliphatic carbocycles. The van der Waals surface area contributed by atoms with Gasteiger partial charge in [0.2, 0.25) is 0 Å². The zero-order chi connectivity index (χ0) is 18.4. The maximum atomic E-state index is 2.55. The summed E-state index contributed by atoms with van der Waals surface area (Å²) in [6, 6.07) is 22.5. The van der Waals surface area contributed by atoms with Crippen LogP contribution in [0, 0.1) is 5.41 Å². The van der Waals surface area contributed by atoms with Crippen LogP contribution in [0.25, 0.3) is 28.0 Å². The predicted octanol–water partition coefficient (Wildman–Crippen LogP) is 7.46. The molecular formula is C26H25Zr. The van der Waals surface area contributed by atoms with Gasteiger partial charge in [-0.15, -0.1) is 0 Å². The maximum absolute atomic E-state index is 2.55. The van der Waals surface area contributed by atoms with Gasteiger partial charge in [0.15, 0.2) is 0 Å². The second-order valence-corrected chi connectivity index (χ2v) is 9.83. The molecule has 3 aromatic rings. The van der Waals surface area contributed by atoms with Crippen LogP contribution in [0.3, 0.4) is 0 Å². The van der Waals surface area contributed by atoms with Gasteiger partial charge >= 0.3 is 178 Å². The zero-order valence-corrected chi connectivity index (χ0v) is 18.4. The summed E-state index contributed by atoms with van der Waals surface area (Å²) in [5.41, 5.74) is 8.08. The molecule has 1 unspecified atom stereocenters. The molecule has 0 nitrogen and oxygen atoms in total. The molecule has 1 atom stereocenters. The van der Waals surface area contributed by atoms with Gasteiger partial charge in [0.25, 0.3) is 0 Å². The van der Waals surface area contributed by atoms with Crippen LogP contribution in [-0.4, -0.2) is 0 Å². The summed E-state index contributed by atoms with van der Waals surface area (Å²) in [4.78, 5) is 0. The van der Waals surface area contributed by atoms with E-state index in [0.29, 0.717) is 9.04 Å². The third-order valence-corrected chi connectivity index (χ3v) is 8.63. The number of allylic oxidation sites excluding steroid dienone is 1. The van der Waals surface area contributed by atoms with E-state index in [0.717, 1.165) is 0 Å². The van der Waals surface area contributed by atoms with Gasteiger partial charge in [-0.1, -0.05) is 0 Å². The van der Waals surface area contributed by atoms with Gasteiger partial charge in [0.1, 0.15) is 0 Å². The molecular weight excluding hydrogens is 404 g/mol. The van der Waals surface area contributed by atoms with Crippen molar-refractivity contribution in [1.29, 1.82) is 0 Å². The van der Waals surface area contributed by atoms with Gasteiger partial charge < -0.3 is 0 Å². The van der Waals surface area contributed by atoms with Crippen LogP contribution in [0.15, 0.2) is 66.2 Å². The Labute approximate surface area is 177 Å². The average molecular weight is 429 g/mol. The molecule has 2 aliphatic rings. The van der Waals surface area contributed by atoms with Crippen LogP contribution in [-0.2, 0) is 24.7 Å². The Morgan fingerprint density at radius 3 is 2.52 bits per heavy atom. The van der Waals surface area contributed by atoms with E-state index in [1.54, 1.807) is 35.9 Å². The van der Waals surface area contributed by atoms with E-state index in [1.807, 2.05) is 0 Å². The number of hydrogen-bond donors (Lipinski definition) is 0. The summed E-state index contributed by atoms with van der Waals surface area (Å²) in [5.74, 6) is 0. The fourth-order valence-corrected chi connectivity index (χ4v) is 6.07. The summed E-state index contributed by atoms with van der Waals surface area (Å²) in [6.45, 7) is 2.39. The van der Waals surface area contributed by atoms with Crippen molar-refractivity contribution in [2.24, 2.45) is 5.41 Å². The third-order valence-electron chi connectivity index (χ3n) is 6.96. The number of benzene rings is 3. The number of fused-ring (bicyclic) bond motifs is 2. The molecule has 0 N–H and O–H groups in total. The van der Waals surface area contributed by atoms with E-state index in [1.165, 1.54) is 59.6 Å². The normalized spacial score (nSPS) is 20.1. The first-order valence-electron chi connectivity index (χ1n) is 10.2. The quantitative estimate of drug-likeness (QED) is 0.404. The van der Waals surface area contributed by atoms with Gasteiger partial charge in [-0.25, -0.2) is 0 Å². The van der Waals surface area contributed by atoms with E-state index in [-0.39, 0.29) is 0 Å². The Morgan fingerprint density at radius 1 is 0.963 bits per heavy atom. The van der Waals surface area contributed by atoms with Crippen LogP contribution in [0.2, 0.25) is 0 Å². The molecule has 0 aliphatic heterocycles. The Hall–Kier alpha value is -1.46. The van der Waals surface area contributed by atoms with Gasteiger partial charge in [0.05, 0.1) is 0 Å². The zero-order valence-electron chi connectivity index (χ0n) is 16.0. The van der Waals surface area contributed by atoms with Crippen molar-refractivity contribution in [3.63, 3.8) is 0 Å². The Kier molecular flexibility index (Phi) is 4.48. The van der Waals surface area contributed by atoms with Crippen molar-refractivity contribution < 1.29 is 24.7 Å². The second kappa shape index (κ2) is 6.86. The van der Waals surface area contributed by atoms with Crippen LogP contribution in [0.5, 0.6) is 0 Å². The summed E-state index contributed by atoms with van der Waals surface area (Å²) in [6.07, 6.45) is 9.48. The Morgan fingerprint density at radius 2 is 1.78 bits per heavy atom. The fourth-order valence-electron chi connectivity index (χ4n) is 4.99. The second-order valence-electron chi connectivity index (χ2n) is 8.41. The monoisotopic (exact) mass is 427 g/mol. The van der Waals surface area contributed by atoms with Crippen LogP contribution in [0.4, 0.5) is 0 Å². The molecule has 1 saturated carbocycles. The fraction of sp³-hybridized carbons (Fsp3) is 0.308. The first-order chi connectivity index (χ1) is 13.2. The molecule has 0 heterocycles. The van der Waals surface area contributed by atoms with Crippen molar-refractivity contribution in [2.45, 2.75) is 42.7 Å². The molecule has 5 rings (SSSR count). The van der Waals surface area contributed by atoms with E-state index in [2.05, 4.69) is 73.7 Å². The SMILES string of the molecule is CCC1(CC2=Cc3c(-c4ccc5ccccc5c4)cccc3[CH]2[Zr])CCC1. The summed E-state index contributed by atoms with van der Waals surface area (Å²) in [7, 11) is 0. The molecule has 1 heteroatoms. The molecule has 0 radical (unpaired) electrons. The molecule has 0 amide bonds. The molecule has 0 saturated heterocycles. The van der Waals surface area contributed by atoms with Gasteiger partial charge in [0, 0.05) is 0 Å². The molecule has 1 fully saturated rings. The van der Waals surface area contributed by atoms with Crippen LogP contribution < -0.4 is 0 Å². The first kappa shape index (κ1) is 17.6. The molecule has 27 heavy (non-hydrogen) atoms. The predicted molar refractivity (Wildman–Crippen MR) is 111 cm³/mol. The van der Waals surface area contributed by atoms with E-state index in [9.17, 15) is 0 Å². The van der Waals surface area contributed by atoms with Gasteiger partial charge in [-0.05, 0) is 0 Å². The van der Waals surface area contributed by atoms with Gasteiger partial charge in [-0.2, -0.15) is 0 Å². The topological polar surface area (TPSA) is 0 Å². The van der Waals surface area contributed by atoms with Crippen molar-refractivity contribution in [1.82, 2.24) is 0 Å². The van der Waals surface area contributed by atoms with E-state index < -0.39 is 0 Å². The molecule has 133 valence electrons. The van der Waals surface area contributed by atoms with E-state index >= 15 is 0 Å². The Bertz CT molecular complexity index is 1030. The first-order valence-corrected chi connectivity index (χ1v) is 11.6. The van der Waals surface area contributed by atoms with Crippen molar-refractivity contribution >= 4 is 16.8 Å². The third kappa shape index (κ3) is 2.99. The van der Waals surface area contributed by atoms with Crippen LogP contribution in [0.1, 0.15) is 53.8 Å².